The standard InChI is InChI=1S/C18H35N5O4/c1-11(2)10-23-8-7-20-9-15(23)17(26)22-16(13(4)25)18(27)21-14(5-6-19)12(3)24/h11,13-16,20,25H,5-10,19H2,1-4H3,(H,21,27)(H,22,26)/t13-,14-,15-,16-/m0/s1. The average Bonchev–Trinajstić information content (AvgIpc) is 2.58. The second-order valence-electron chi connectivity index (χ2n) is 7.58. The molecule has 9 nitrogen and oxygen atoms in total. The molecule has 6 N–H and O–H groups in total. The molecule has 4 atom stereocenters. The predicted molar refractivity (Wildman–Crippen MR) is 103 cm³/mol. The van der Waals surface area contributed by atoms with Gasteiger partial charge in [0.15, 0.2) is 5.78 Å². The van der Waals surface area contributed by atoms with Gasteiger partial charge in [0.1, 0.15) is 12.1 Å². The third-order valence-electron chi connectivity index (χ3n) is 4.58. The maximum atomic E-state index is 12.8. The highest BCUT2D eigenvalue weighted by Crippen LogP contribution is 2.09. The van der Waals surface area contributed by atoms with Gasteiger partial charge in [0.25, 0.3) is 0 Å². The Hall–Kier alpha value is -1.55. The maximum absolute atomic E-state index is 12.8. The van der Waals surface area contributed by atoms with Crippen LogP contribution >= 0.6 is 0 Å². The fraction of sp³-hybridized carbons (Fsp3) is 0.833. The van der Waals surface area contributed by atoms with Crippen LogP contribution in [0.25, 0.3) is 0 Å². The number of nitrogens with one attached hydrogen (secondary N) is 3. The van der Waals surface area contributed by atoms with Gasteiger partial charge in [0.05, 0.1) is 12.1 Å². The number of aliphatic hydroxyl groups excluding tert-OH is 1. The van der Waals surface area contributed by atoms with Crippen LogP contribution in [-0.2, 0) is 14.4 Å². The van der Waals surface area contributed by atoms with E-state index in [4.69, 9.17) is 5.73 Å². The van der Waals surface area contributed by atoms with Crippen molar-refractivity contribution in [3.63, 3.8) is 0 Å². The highest BCUT2D eigenvalue weighted by Gasteiger charge is 2.34. The van der Waals surface area contributed by atoms with E-state index in [1.165, 1.54) is 13.8 Å². The normalized spacial score (nSPS) is 21.4. The van der Waals surface area contributed by atoms with E-state index in [2.05, 4.69) is 34.7 Å². The molecule has 27 heavy (non-hydrogen) atoms. The minimum Gasteiger partial charge on any atom is -0.391 e. The van der Waals surface area contributed by atoms with Crippen LogP contribution in [0.3, 0.4) is 0 Å². The summed E-state index contributed by atoms with van der Waals surface area (Å²) in [6.45, 7) is 10.0. The molecule has 1 aliphatic heterocycles. The van der Waals surface area contributed by atoms with Gasteiger partial charge in [-0.05, 0) is 32.7 Å². The average molecular weight is 386 g/mol. The maximum Gasteiger partial charge on any atom is 0.245 e. The van der Waals surface area contributed by atoms with E-state index >= 15 is 0 Å². The van der Waals surface area contributed by atoms with Crippen LogP contribution < -0.4 is 21.7 Å². The molecule has 0 radical (unpaired) electrons. The number of hydrogen-bond donors (Lipinski definition) is 5. The number of aliphatic hydroxyl groups is 1. The number of ketones is 1. The molecule has 2 amide bonds. The molecule has 0 saturated carbocycles. The van der Waals surface area contributed by atoms with E-state index in [0.717, 1.165) is 19.6 Å². The van der Waals surface area contributed by atoms with Crippen LogP contribution in [0.1, 0.15) is 34.1 Å². The largest absolute Gasteiger partial charge is 0.391 e. The monoisotopic (exact) mass is 385 g/mol. The minimum absolute atomic E-state index is 0.218. The molecule has 1 fully saturated rings. The van der Waals surface area contributed by atoms with Gasteiger partial charge in [-0.15, -0.1) is 0 Å². The van der Waals surface area contributed by atoms with Gasteiger partial charge >= 0.3 is 0 Å². The van der Waals surface area contributed by atoms with Crippen molar-refractivity contribution < 1.29 is 19.5 Å². The zero-order valence-corrected chi connectivity index (χ0v) is 16.8. The fourth-order valence-electron chi connectivity index (χ4n) is 3.15. The molecule has 1 aliphatic rings. The summed E-state index contributed by atoms with van der Waals surface area (Å²) in [5, 5.41) is 18.4. The van der Waals surface area contributed by atoms with Gasteiger partial charge in [-0.1, -0.05) is 13.8 Å². The third kappa shape index (κ3) is 7.53. The lowest BCUT2D eigenvalue weighted by molar-refractivity contribution is -0.136. The summed E-state index contributed by atoms with van der Waals surface area (Å²) in [4.78, 5) is 39.1. The van der Waals surface area contributed by atoms with Crippen molar-refractivity contribution in [3.8, 4) is 0 Å². The lowest BCUT2D eigenvalue weighted by atomic mass is 10.1. The van der Waals surface area contributed by atoms with Gasteiger partial charge in [-0.2, -0.15) is 0 Å². The lowest BCUT2D eigenvalue weighted by Crippen LogP contribution is -2.63. The first kappa shape index (κ1) is 23.5. The number of carbonyl (C=O) groups is 3. The zero-order chi connectivity index (χ0) is 20.6. The quantitative estimate of drug-likeness (QED) is 0.299. The molecule has 1 rings (SSSR count). The number of nitrogens with zero attached hydrogens (tertiary/aromatic N) is 1. The Balaban J connectivity index is 2.80. The molecule has 0 aromatic heterocycles. The van der Waals surface area contributed by atoms with Crippen molar-refractivity contribution in [2.75, 3.05) is 32.7 Å². The molecule has 0 aromatic rings. The zero-order valence-electron chi connectivity index (χ0n) is 16.8. The summed E-state index contributed by atoms with van der Waals surface area (Å²) in [6, 6.07) is -2.28. The van der Waals surface area contributed by atoms with Crippen LogP contribution in [-0.4, -0.2) is 84.6 Å². The molecule has 0 aromatic carbocycles. The van der Waals surface area contributed by atoms with Crippen LogP contribution in [0.4, 0.5) is 0 Å². The van der Waals surface area contributed by atoms with E-state index in [1.54, 1.807) is 0 Å². The number of Topliss-reactive ketones (excluding diaryl/α,β-unsaturated/α-hetero) is 1. The molecule has 9 heteroatoms. The summed E-state index contributed by atoms with van der Waals surface area (Å²) in [6.07, 6.45) is -0.800. The Labute approximate surface area is 161 Å². The predicted octanol–water partition coefficient (Wildman–Crippen LogP) is -1.80. The Kier molecular flexibility index (Phi) is 9.86. The SMILES string of the molecule is CC(=O)[C@H](CCN)NC(=O)[C@@H](NC(=O)[C@@H]1CNCCN1CC(C)C)[C@H](C)O. The number of nitrogens with two attached hydrogens (primary N) is 1. The highest BCUT2D eigenvalue weighted by atomic mass is 16.3. The topological polar surface area (TPSA) is 137 Å². The number of carbonyl (C=O) groups excluding carboxylic acids is 3. The summed E-state index contributed by atoms with van der Waals surface area (Å²) in [5.41, 5.74) is 5.48. The van der Waals surface area contributed by atoms with Gasteiger partial charge in [-0.25, -0.2) is 0 Å². The van der Waals surface area contributed by atoms with E-state index in [9.17, 15) is 19.5 Å². The lowest BCUT2D eigenvalue weighted by Gasteiger charge is -2.37. The van der Waals surface area contributed by atoms with Crippen molar-refractivity contribution in [1.82, 2.24) is 20.9 Å². The molecule has 1 saturated heterocycles. The fourth-order valence-corrected chi connectivity index (χ4v) is 3.15. The van der Waals surface area contributed by atoms with E-state index in [1.807, 2.05) is 0 Å². The van der Waals surface area contributed by atoms with E-state index < -0.39 is 30.1 Å². The first-order valence-electron chi connectivity index (χ1n) is 9.61. The number of piperazine rings is 1. The molecular weight excluding hydrogens is 350 g/mol. The summed E-state index contributed by atoms with van der Waals surface area (Å²) >= 11 is 0. The van der Waals surface area contributed by atoms with Crippen LogP contribution in [0.5, 0.6) is 0 Å². The molecule has 0 spiro atoms. The number of amides is 2. The Morgan fingerprint density at radius 3 is 2.44 bits per heavy atom. The Bertz CT molecular complexity index is 512. The second-order valence-corrected chi connectivity index (χ2v) is 7.58. The second kappa shape index (κ2) is 11.3. The van der Waals surface area contributed by atoms with E-state index in [-0.39, 0.29) is 18.2 Å². The summed E-state index contributed by atoms with van der Waals surface area (Å²) in [5.74, 6) is -0.723. The van der Waals surface area contributed by atoms with Crippen LogP contribution in [0, 0.1) is 5.92 Å². The summed E-state index contributed by atoms with van der Waals surface area (Å²) in [7, 11) is 0. The van der Waals surface area contributed by atoms with E-state index in [0.29, 0.717) is 18.9 Å². The van der Waals surface area contributed by atoms with Crippen molar-refractivity contribution in [3.05, 3.63) is 0 Å². The van der Waals surface area contributed by atoms with Crippen molar-refractivity contribution in [2.45, 2.75) is 58.3 Å². The first-order chi connectivity index (χ1) is 12.7. The van der Waals surface area contributed by atoms with Gasteiger partial charge in [0, 0.05) is 26.2 Å². The van der Waals surface area contributed by atoms with Crippen molar-refractivity contribution >= 4 is 17.6 Å². The molecule has 1 heterocycles. The van der Waals surface area contributed by atoms with Crippen LogP contribution in [0.15, 0.2) is 0 Å². The molecule has 0 bridgehead atoms. The molecular formula is C18H35N5O4. The molecule has 0 unspecified atom stereocenters. The minimum atomic E-state index is -1.14. The van der Waals surface area contributed by atoms with Gasteiger partial charge in [0.2, 0.25) is 11.8 Å². The first-order valence-corrected chi connectivity index (χ1v) is 9.61. The van der Waals surface area contributed by atoms with Crippen molar-refractivity contribution in [2.24, 2.45) is 11.7 Å². The molecule has 0 aliphatic carbocycles. The highest BCUT2D eigenvalue weighted by molar-refractivity contribution is 5.93. The van der Waals surface area contributed by atoms with Gasteiger partial charge in [-0.3, -0.25) is 19.3 Å². The summed E-state index contributed by atoms with van der Waals surface area (Å²) < 4.78 is 0. The Morgan fingerprint density at radius 1 is 1.26 bits per heavy atom. The molecule has 156 valence electrons. The van der Waals surface area contributed by atoms with Gasteiger partial charge < -0.3 is 26.8 Å². The number of hydrogen-bond acceptors (Lipinski definition) is 7. The Morgan fingerprint density at radius 2 is 1.93 bits per heavy atom. The number of rotatable bonds is 10. The smallest absolute Gasteiger partial charge is 0.245 e. The van der Waals surface area contributed by atoms with Crippen molar-refractivity contribution in [1.29, 1.82) is 0 Å². The third-order valence-corrected chi connectivity index (χ3v) is 4.58. The van der Waals surface area contributed by atoms with Crippen LogP contribution in [0.2, 0.25) is 0 Å².